The molecule has 1 amide bonds. The molecule has 4 nitrogen and oxygen atoms in total. The second kappa shape index (κ2) is 8.95. The molecule has 23 heavy (non-hydrogen) atoms. The van der Waals surface area contributed by atoms with Crippen LogP contribution in [0.4, 0.5) is 0 Å². The highest BCUT2D eigenvalue weighted by Gasteiger charge is 2.18. The van der Waals surface area contributed by atoms with Gasteiger partial charge in [0.1, 0.15) is 0 Å². The molecule has 126 valence electrons. The van der Waals surface area contributed by atoms with Crippen LogP contribution in [-0.2, 0) is 11.3 Å². The number of amides is 1. The Hall–Kier alpha value is -1.51. The molecular weight excluding hydrogens is 306 g/mol. The largest absolute Gasteiger partial charge is 0.336 e. The lowest BCUT2D eigenvalue weighted by atomic mass is 10.1. The second-order valence-corrected chi connectivity index (χ2v) is 8.63. The number of thioether (sulfide) groups is 1. The monoisotopic (exact) mass is 333 g/mol. The van der Waals surface area contributed by atoms with Gasteiger partial charge in [0.05, 0.1) is 17.4 Å². The highest BCUT2D eigenvalue weighted by atomic mass is 32.2. The molecule has 1 aromatic rings. The van der Waals surface area contributed by atoms with Gasteiger partial charge in [0.15, 0.2) is 0 Å². The highest BCUT2D eigenvalue weighted by molar-refractivity contribution is 8.01. The number of carbonyl (C=O) groups excluding carboxylic acids is 1. The van der Waals surface area contributed by atoms with Crippen molar-refractivity contribution >= 4 is 17.7 Å². The summed E-state index contributed by atoms with van der Waals surface area (Å²) in [5.74, 6) is 0.628. The number of carbonyl (C=O) groups is 1. The minimum absolute atomic E-state index is 0.0730. The molecule has 0 spiro atoms. The first-order valence-corrected chi connectivity index (χ1v) is 8.75. The lowest BCUT2D eigenvalue weighted by Crippen LogP contribution is -2.37. The molecule has 0 aliphatic heterocycles. The zero-order valence-electron chi connectivity index (χ0n) is 14.8. The Bertz CT molecular complexity index is 558. The van der Waals surface area contributed by atoms with Crippen molar-refractivity contribution in [2.45, 2.75) is 32.1 Å². The number of hydrogen-bond acceptors (Lipinski definition) is 4. The van der Waals surface area contributed by atoms with E-state index in [-0.39, 0.29) is 10.7 Å². The first-order chi connectivity index (χ1) is 10.7. The predicted molar refractivity (Wildman–Crippen MR) is 97.3 cm³/mol. The molecule has 1 rings (SSSR count). The van der Waals surface area contributed by atoms with Crippen LogP contribution in [0.2, 0.25) is 0 Å². The first-order valence-electron chi connectivity index (χ1n) is 7.77. The van der Waals surface area contributed by atoms with Crippen LogP contribution in [0.15, 0.2) is 24.3 Å². The molecule has 0 bridgehead atoms. The number of likely N-dealkylation sites (N-methyl/N-ethyl adjacent to an activating group) is 1. The van der Waals surface area contributed by atoms with Gasteiger partial charge in [-0.2, -0.15) is 5.26 Å². The lowest BCUT2D eigenvalue weighted by molar-refractivity contribution is -0.129. The van der Waals surface area contributed by atoms with Gasteiger partial charge in [-0.1, -0.05) is 32.9 Å². The van der Waals surface area contributed by atoms with E-state index >= 15 is 0 Å². The van der Waals surface area contributed by atoms with E-state index in [2.05, 4.69) is 31.7 Å². The molecule has 0 saturated carbocycles. The minimum atomic E-state index is 0.0730. The normalized spacial score (nSPS) is 11.3. The van der Waals surface area contributed by atoms with Gasteiger partial charge in [0.2, 0.25) is 5.91 Å². The number of benzene rings is 1. The molecule has 0 aliphatic rings. The van der Waals surface area contributed by atoms with Crippen LogP contribution in [-0.4, -0.2) is 53.4 Å². The zero-order chi connectivity index (χ0) is 17.5. The molecule has 0 saturated heterocycles. The van der Waals surface area contributed by atoms with E-state index in [1.807, 2.05) is 37.2 Å². The van der Waals surface area contributed by atoms with E-state index in [0.29, 0.717) is 24.4 Å². The minimum Gasteiger partial charge on any atom is -0.336 e. The number of nitrogens with zero attached hydrogens (tertiary/aromatic N) is 3. The Labute approximate surface area is 144 Å². The predicted octanol–water partition coefficient (Wildman–Crippen LogP) is 2.98. The van der Waals surface area contributed by atoms with E-state index in [4.69, 9.17) is 5.26 Å². The highest BCUT2D eigenvalue weighted by Crippen LogP contribution is 2.23. The summed E-state index contributed by atoms with van der Waals surface area (Å²) in [6.45, 7) is 8.41. The third-order valence-corrected chi connectivity index (χ3v) is 4.49. The van der Waals surface area contributed by atoms with Crippen LogP contribution in [0.3, 0.4) is 0 Å². The Morgan fingerprint density at radius 3 is 2.52 bits per heavy atom. The summed E-state index contributed by atoms with van der Waals surface area (Å²) in [4.78, 5) is 16.5. The number of rotatable bonds is 7. The van der Waals surface area contributed by atoms with Crippen LogP contribution in [0.5, 0.6) is 0 Å². The summed E-state index contributed by atoms with van der Waals surface area (Å²) < 4.78 is 0.0730. The van der Waals surface area contributed by atoms with Gasteiger partial charge in [-0.15, -0.1) is 11.8 Å². The van der Waals surface area contributed by atoms with Crippen LogP contribution < -0.4 is 0 Å². The molecule has 0 fully saturated rings. The third kappa shape index (κ3) is 8.06. The fourth-order valence-electron chi connectivity index (χ4n) is 1.94. The Morgan fingerprint density at radius 1 is 1.26 bits per heavy atom. The van der Waals surface area contributed by atoms with Gasteiger partial charge < -0.3 is 9.80 Å². The molecule has 1 aromatic carbocycles. The average Bonchev–Trinajstić information content (AvgIpc) is 2.48. The standard InChI is InChI=1S/C18H27N3OS/c1-18(2,3)23-14-17(22)21(10-9-20(4)5)13-16-8-6-7-15(11-16)12-19/h6-8,11H,9-10,13-14H2,1-5H3. The fourth-order valence-corrected chi connectivity index (χ4v) is 2.68. The molecular formula is C18H27N3OS. The average molecular weight is 334 g/mol. The van der Waals surface area contributed by atoms with Crippen molar-refractivity contribution in [1.82, 2.24) is 9.80 Å². The Kier molecular flexibility index (Phi) is 7.60. The molecule has 0 N–H and O–H groups in total. The van der Waals surface area contributed by atoms with Crippen LogP contribution in [0.25, 0.3) is 0 Å². The van der Waals surface area contributed by atoms with E-state index in [1.54, 1.807) is 17.8 Å². The van der Waals surface area contributed by atoms with Gasteiger partial charge >= 0.3 is 0 Å². The van der Waals surface area contributed by atoms with Crippen LogP contribution in [0, 0.1) is 11.3 Å². The molecule has 0 aliphatic carbocycles. The molecule has 0 atom stereocenters. The number of hydrogen-bond donors (Lipinski definition) is 0. The van der Waals surface area contributed by atoms with Crippen molar-refractivity contribution in [1.29, 1.82) is 5.26 Å². The van der Waals surface area contributed by atoms with Crippen molar-refractivity contribution in [2.24, 2.45) is 0 Å². The molecule has 0 unspecified atom stereocenters. The maximum Gasteiger partial charge on any atom is 0.232 e. The second-order valence-electron chi connectivity index (χ2n) is 6.83. The third-order valence-electron chi connectivity index (χ3n) is 3.23. The SMILES string of the molecule is CN(C)CCN(Cc1cccc(C#N)c1)C(=O)CSC(C)(C)C. The van der Waals surface area contributed by atoms with E-state index < -0.39 is 0 Å². The maximum absolute atomic E-state index is 12.6. The molecule has 0 radical (unpaired) electrons. The van der Waals surface area contributed by atoms with E-state index in [1.165, 1.54) is 0 Å². The summed E-state index contributed by atoms with van der Waals surface area (Å²) in [6.07, 6.45) is 0. The number of nitriles is 1. The molecule has 0 heterocycles. The van der Waals surface area contributed by atoms with Crippen molar-refractivity contribution in [3.63, 3.8) is 0 Å². The van der Waals surface area contributed by atoms with Gasteiger partial charge in [-0.05, 0) is 31.8 Å². The summed E-state index contributed by atoms with van der Waals surface area (Å²) in [6, 6.07) is 9.62. The lowest BCUT2D eigenvalue weighted by Gasteiger charge is -2.26. The maximum atomic E-state index is 12.6. The van der Waals surface area contributed by atoms with E-state index in [0.717, 1.165) is 12.1 Å². The van der Waals surface area contributed by atoms with Crippen molar-refractivity contribution < 1.29 is 4.79 Å². The van der Waals surface area contributed by atoms with Crippen LogP contribution >= 0.6 is 11.8 Å². The zero-order valence-corrected chi connectivity index (χ0v) is 15.6. The fraction of sp³-hybridized carbons (Fsp3) is 0.556. The van der Waals surface area contributed by atoms with E-state index in [9.17, 15) is 4.79 Å². The van der Waals surface area contributed by atoms with Gasteiger partial charge in [-0.25, -0.2) is 0 Å². The van der Waals surface area contributed by atoms with Gasteiger partial charge in [0.25, 0.3) is 0 Å². The Morgan fingerprint density at radius 2 is 1.96 bits per heavy atom. The van der Waals surface area contributed by atoms with Gasteiger partial charge in [0, 0.05) is 24.4 Å². The first kappa shape index (κ1) is 19.5. The smallest absolute Gasteiger partial charge is 0.232 e. The van der Waals surface area contributed by atoms with Gasteiger partial charge in [-0.3, -0.25) is 4.79 Å². The molecule has 0 aromatic heterocycles. The quantitative estimate of drug-likeness (QED) is 0.770. The van der Waals surface area contributed by atoms with Crippen molar-refractivity contribution in [2.75, 3.05) is 32.9 Å². The van der Waals surface area contributed by atoms with Crippen LogP contribution in [0.1, 0.15) is 31.9 Å². The summed E-state index contributed by atoms with van der Waals surface area (Å²) >= 11 is 1.67. The van der Waals surface area contributed by atoms with Crippen molar-refractivity contribution in [3.05, 3.63) is 35.4 Å². The Balaban J connectivity index is 2.78. The summed E-state index contributed by atoms with van der Waals surface area (Å²) in [5, 5.41) is 9.01. The molecule has 5 heteroatoms. The summed E-state index contributed by atoms with van der Waals surface area (Å²) in [5.41, 5.74) is 1.63. The summed E-state index contributed by atoms with van der Waals surface area (Å²) in [7, 11) is 4.01. The van der Waals surface area contributed by atoms with Crippen molar-refractivity contribution in [3.8, 4) is 6.07 Å². The topological polar surface area (TPSA) is 47.3 Å².